The van der Waals surface area contributed by atoms with Gasteiger partial charge in [0.25, 0.3) is 0 Å². The second-order valence-electron chi connectivity index (χ2n) is 6.97. The van der Waals surface area contributed by atoms with Crippen molar-refractivity contribution in [1.82, 2.24) is 10.3 Å². The van der Waals surface area contributed by atoms with Crippen molar-refractivity contribution in [3.05, 3.63) is 10.6 Å². The van der Waals surface area contributed by atoms with Crippen LogP contribution >= 0.6 is 23.1 Å². The Bertz CT molecular complexity index is 435. The van der Waals surface area contributed by atoms with Crippen LogP contribution in [0, 0.1) is 0 Å². The Morgan fingerprint density at radius 2 is 1.90 bits per heavy atom. The van der Waals surface area contributed by atoms with Crippen molar-refractivity contribution in [2.24, 2.45) is 0 Å². The van der Waals surface area contributed by atoms with Gasteiger partial charge in [0.2, 0.25) is 0 Å². The minimum atomic E-state index is 0.0896. The van der Waals surface area contributed by atoms with E-state index in [9.17, 15) is 0 Å². The number of thioether (sulfide) groups is 1. The number of hydrogen-bond acceptors (Lipinski definition) is 5. The van der Waals surface area contributed by atoms with Gasteiger partial charge in [0, 0.05) is 41.7 Å². The maximum atomic E-state index is 4.96. The van der Waals surface area contributed by atoms with Crippen LogP contribution in [0.4, 0.5) is 5.13 Å². The van der Waals surface area contributed by atoms with E-state index in [0.717, 1.165) is 17.4 Å². The molecule has 0 aliphatic rings. The number of anilines is 1. The molecule has 1 rings (SSSR count). The Labute approximate surface area is 138 Å². The molecule has 0 saturated carbocycles. The van der Waals surface area contributed by atoms with E-state index in [-0.39, 0.29) is 5.41 Å². The van der Waals surface area contributed by atoms with Crippen LogP contribution in [0.15, 0.2) is 0 Å². The normalized spacial score (nSPS) is 13.8. The van der Waals surface area contributed by atoms with Crippen molar-refractivity contribution >= 4 is 28.2 Å². The first-order chi connectivity index (χ1) is 9.66. The standard InChI is InChI=1S/C16H31N3S2/c1-11(2)17-9-13-14(16(4,5)6)18-15(21-13)19(7)12(3)10-20-8/h11-12,17H,9-10H2,1-8H3. The molecule has 1 aromatic heterocycles. The summed E-state index contributed by atoms with van der Waals surface area (Å²) in [6.07, 6.45) is 2.16. The van der Waals surface area contributed by atoms with Gasteiger partial charge in [-0.15, -0.1) is 11.3 Å². The van der Waals surface area contributed by atoms with Crippen LogP contribution in [0.1, 0.15) is 52.1 Å². The van der Waals surface area contributed by atoms with E-state index in [4.69, 9.17) is 4.98 Å². The van der Waals surface area contributed by atoms with Crippen molar-refractivity contribution in [2.75, 3.05) is 24.0 Å². The third-order valence-electron chi connectivity index (χ3n) is 3.44. The molecule has 1 atom stereocenters. The van der Waals surface area contributed by atoms with Crippen LogP contribution in [0.5, 0.6) is 0 Å². The van der Waals surface area contributed by atoms with Crippen LogP contribution in [0.25, 0.3) is 0 Å². The van der Waals surface area contributed by atoms with E-state index in [1.807, 2.05) is 23.1 Å². The van der Waals surface area contributed by atoms with E-state index >= 15 is 0 Å². The summed E-state index contributed by atoms with van der Waals surface area (Å²) in [5.41, 5.74) is 1.32. The summed E-state index contributed by atoms with van der Waals surface area (Å²) in [6.45, 7) is 14.3. The summed E-state index contributed by atoms with van der Waals surface area (Å²) in [7, 11) is 2.16. The molecule has 0 saturated heterocycles. The molecule has 1 heterocycles. The number of nitrogens with one attached hydrogen (secondary N) is 1. The fourth-order valence-corrected chi connectivity index (χ4v) is 4.03. The third kappa shape index (κ3) is 5.46. The van der Waals surface area contributed by atoms with Crippen LogP contribution in [0.2, 0.25) is 0 Å². The van der Waals surface area contributed by atoms with Gasteiger partial charge < -0.3 is 10.2 Å². The summed E-state index contributed by atoms with van der Waals surface area (Å²) in [6, 6.07) is 1.00. The molecule has 1 aromatic rings. The van der Waals surface area contributed by atoms with Gasteiger partial charge in [-0.05, 0) is 13.2 Å². The number of hydrogen-bond donors (Lipinski definition) is 1. The molecular formula is C16H31N3S2. The summed E-state index contributed by atoms with van der Waals surface area (Å²) < 4.78 is 0. The van der Waals surface area contributed by atoms with Crippen LogP contribution in [-0.2, 0) is 12.0 Å². The molecule has 0 bridgehead atoms. The largest absolute Gasteiger partial charge is 0.348 e. The molecule has 0 aromatic carbocycles. The minimum Gasteiger partial charge on any atom is -0.348 e. The fourth-order valence-electron chi connectivity index (χ4n) is 2.03. The number of thiazole rings is 1. The van der Waals surface area contributed by atoms with Gasteiger partial charge in [-0.25, -0.2) is 4.98 Å². The molecular weight excluding hydrogens is 298 g/mol. The molecule has 3 nitrogen and oxygen atoms in total. The maximum Gasteiger partial charge on any atom is 0.185 e. The highest BCUT2D eigenvalue weighted by Crippen LogP contribution is 2.34. The van der Waals surface area contributed by atoms with Crippen molar-refractivity contribution < 1.29 is 0 Å². The fraction of sp³-hybridized carbons (Fsp3) is 0.812. The Balaban J connectivity index is 3.02. The molecule has 1 N–H and O–H groups in total. The van der Waals surface area contributed by atoms with E-state index in [0.29, 0.717) is 12.1 Å². The van der Waals surface area contributed by atoms with Crippen LogP contribution < -0.4 is 10.2 Å². The number of nitrogens with zero attached hydrogens (tertiary/aromatic N) is 2. The number of rotatable bonds is 7. The SMILES string of the molecule is CSCC(C)N(C)c1nc(C(C)(C)C)c(CNC(C)C)s1. The predicted octanol–water partition coefficient (Wildman–Crippen LogP) is 4.13. The lowest BCUT2D eigenvalue weighted by atomic mass is 9.91. The third-order valence-corrected chi connectivity index (χ3v) is 5.40. The molecule has 1 unspecified atom stereocenters. The highest BCUT2D eigenvalue weighted by molar-refractivity contribution is 7.98. The van der Waals surface area contributed by atoms with Crippen LogP contribution in [-0.4, -0.2) is 36.1 Å². The molecule has 0 aliphatic carbocycles. The van der Waals surface area contributed by atoms with Gasteiger partial charge in [0.05, 0.1) is 5.69 Å². The van der Waals surface area contributed by atoms with Crippen molar-refractivity contribution in [1.29, 1.82) is 0 Å². The summed E-state index contributed by atoms with van der Waals surface area (Å²) in [5.74, 6) is 1.13. The molecule has 0 spiro atoms. The first-order valence-corrected chi connectivity index (χ1v) is 9.83. The second kappa shape index (κ2) is 7.84. The number of aromatic nitrogens is 1. The zero-order valence-corrected chi connectivity index (χ0v) is 16.4. The maximum absolute atomic E-state index is 4.96. The van der Waals surface area contributed by atoms with Crippen molar-refractivity contribution in [3.63, 3.8) is 0 Å². The Morgan fingerprint density at radius 3 is 2.38 bits per heavy atom. The summed E-state index contributed by atoms with van der Waals surface area (Å²) in [5, 5.41) is 4.67. The van der Waals surface area contributed by atoms with Gasteiger partial charge in [0.15, 0.2) is 5.13 Å². The van der Waals surface area contributed by atoms with E-state index in [1.54, 1.807) is 0 Å². The average Bonchev–Trinajstić information content (AvgIpc) is 2.79. The van der Waals surface area contributed by atoms with E-state index in [1.165, 1.54) is 10.6 Å². The van der Waals surface area contributed by atoms with Crippen LogP contribution in [0.3, 0.4) is 0 Å². The molecule has 5 heteroatoms. The summed E-state index contributed by atoms with van der Waals surface area (Å²) in [4.78, 5) is 8.64. The van der Waals surface area contributed by atoms with Gasteiger partial charge >= 0.3 is 0 Å². The summed E-state index contributed by atoms with van der Waals surface area (Å²) >= 11 is 3.72. The van der Waals surface area contributed by atoms with E-state index in [2.05, 4.69) is 65.1 Å². The zero-order valence-electron chi connectivity index (χ0n) is 14.8. The minimum absolute atomic E-state index is 0.0896. The van der Waals surface area contributed by atoms with Gasteiger partial charge in [-0.3, -0.25) is 0 Å². The lowest BCUT2D eigenvalue weighted by Crippen LogP contribution is -2.30. The highest BCUT2D eigenvalue weighted by atomic mass is 32.2. The monoisotopic (exact) mass is 329 g/mol. The Hall–Kier alpha value is -0.260. The molecule has 0 radical (unpaired) electrons. The second-order valence-corrected chi connectivity index (χ2v) is 8.94. The highest BCUT2D eigenvalue weighted by Gasteiger charge is 2.25. The van der Waals surface area contributed by atoms with Gasteiger partial charge in [-0.2, -0.15) is 11.8 Å². The molecule has 122 valence electrons. The smallest absolute Gasteiger partial charge is 0.185 e. The van der Waals surface area contributed by atoms with Crippen molar-refractivity contribution in [3.8, 4) is 0 Å². The van der Waals surface area contributed by atoms with E-state index < -0.39 is 0 Å². The lowest BCUT2D eigenvalue weighted by molar-refractivity contribution is 0.545. The van der Waals surface area contributed by atoms with Gasteiger partial charge in [-0.1, -0.05) is 34.6 Å². The first-order valence-electron chi connectivity index (χ1n) is 7.62. The Morgan fingerprint density at radius 1 is 1.29 bits per heavy atom. The first kappa shape index (κ1) is 18.8. The molecule has 21 heavy (non-hydrogen) atoms. The van der Waals surface area contributed by atoms with Gasteiger partial charge in [0.1, 0.15) is 0 Å². The zero-order chi connectivity index (χ0) is 16.2. The molecule has 0 fully saturated rings. The molecule has 0 aliphatic heterocycles. The quantitative estimate of drug-likeness (QED) is 0.814. The Kier molecular flexibility index (Phi) is 7.01. The molecule has 0 amide bonds. The lowest BCUT2D eigenvalue weighted by Gasteiger charge is -2.23. The average molecular weight is 330 g/mol. The predicted molar refractivity (Wildman–Crippen MR) is 99.0 cm³/mol. The topological polar surface area (TPSA) is 28.2 Å². The van der Waals surface area contributed by atoms with Crippen molar-refractivity contribution in [2.45, 2.75) is 65.6 Å².